The summed E-state index contributed by atoms with van der Waals surface area (Å²) >= 11 is 9.36. The molecule has 0 radical (unpaired) electrons. The van der Waals surface area contributed by atoms with Gasteiger partial charge in [0.15, 0.2) is 5.58 Å². The van der Waals surface area contributed by atoms with E-state index < -0.39 is 15.8 Å². The van der Waals surface area contributed by atoms with Crippen molar-refractivity contribution in [3.8, 4) is 0 Å². The first-order valence-electron chi connectivity index (χ1n) is 7.80. The number of oxazole rings is 1. The molecule has 0 saturated heterocycles. The number of H-pyrrole nitrogens is 1. The smallest absolute Gasteiger partial charge is 0.406 e. The Kier molecular flexibility index (Phi) is 4.36. The first-order chi connectivity index (χ1) is 13.2. The minimum absolute atomic E-state index is 0.0670. The fourth-order valence-electron chi connectivity index (χ4n) is 2.86. The number of anilines is 1. The summed E-state index contributed by atoms with van der Waals surface area (Å²) in [5.74, 6) is -0.753. The topological polar surface area (TPSA) is 114 Å². The molecule has 2 N–H and O–H groups in total. The third kappa shape index (κ3) is 3.03. The number of hydrogen-bond donors (Lipinski definition) is 2. The maximum atomic E-state index is 12.9. The first-order valence-corrected chi connectivity index (χ1v) is 10.5. The van der Waals surface area contributed by atoms with Gasteiger partial charge in [0.05, 0.1) is 5.52 Å². The molecule has 4 rings (SSSR count). The van der Waals surface area contributed by atoms with Crippen molar-refractivity contribution in [2.24, 2.45) is 7.05 Å². The summed E-state index contributed by atoms with van der Waals surface area (Å²) in [7, 11) is -2.56. The molecule has 0 spiro atoms. The van der Waals surface area contributed by atoms with Gasteiger partial charge >= 0.3 is 5.76 Å². The zero-order chi connectivity index (χ0) is 20.2. The van der Waals surface area contributed by atoms with E-state index in [9.17, 15) is 18.0 Å². The third-order valence-corrected chi connectivity index (χ3v) is 6.99. The Balaban J connectivity index is 1.85. The van der Waals surface area contributed by atoms with Crippen LogP contribution in [0.5, 0.6) is 0 Å². The summed E-state index contributed by atoms with van der Waals surface area (Å²) in [6.07, 6.45) is 1.63. The number of nitrogens with zero attached hydrogens (tertiary/aromatic N) is 1. The average Bonchev–Trinajstić information content (AvgIpc) is 2.98. The van der Waals surface area contributed by atoms with Crippen LogP contribution >= 0.6 is 27.5 Å². The van der Waals surface area contributed by atoms with Crippen LogP contribution in [0.2, 0.25) is 5.02 Å². The molecule has 11 heteroatoms. The molecule has 28 heavy (non-hydrogen) atoms. The highest BCUT2D eigenvalue weighted by Gasteiger charge is 2.26. The van der Waals surface area contributed by atoms with Crippen LogP contribution < -0.4 is 16.0 Å². The number of rotatable bonds is 3. The van der Waals surface area contributed by atoms with Gasteiger partial charge < -0.3 is 8.98 Å². The maximum Gasteiger partial charge on any atom is 0.417 e. The van der Waals surface area contributed by atoms with Gasteiger partial charge in [0.1, 0.15) is 9.92 Å². The minimum Gasteiger partial charge on any atom is -0.406 e. The van der Waals surface area contributed by atoms with Crippen LogP contribution in [0.4, 0.5) is 5.69 Å². The zero-order valence-electron chi connectivity index (χ0n) is 14.1. The quantitative estimate of drug-likeness (QED) is 0.463. The Morgan fingerprint density at radius 1 is 1.21 bits per heavy atom. The van der Waals surface area contributed by atoms with Crippen LogP contribution in [0.3, 0.4) is 0 Å². The highest BCUT2D eigenvalue weighted by Crippen LogP contribution is 2.36. The van der Waals surface area contributed by atoms with E-state index >= 15 is 0 Å². The maximum absolute atomic E-state index is 12.9. The lowest BCUT2D eigenvalue weighted by molar-refractivity contribution is 0.554. The SMILES string of the molecule is Cn1ccc2ccc(NS(=O)(=O)c3c(Br)cc4[nH]c(=O)oc4c3Cl)cc2c1=O. The number of benzene rings is 2. The summed E-state index contributed by atoms with van der Waals surface area (Å²) in [6, 6.07) is 7.77. The second-order valence-electron chi connectivity index (χ2n) is 6.03. The second kappa shape index (κ2) is 6.50. The summed E-state index contributed by atoms with van der Waals surface area (Å²) in [5.41, 5.74) is 0.125. The Morgan fingerprint density at radius 2 is 1.96 bits per heavy atom. The third-order valence-electron chi connectivity index (χ3n) is 4.17. The minimum atomic E-state index is -4.16. The molecule has 144 valence electrons. The monoisotopic (exact) mass is 483 g/mol. The van der Waals surface area contributed by atoms with Gasteiger partial charge in [-0.15, -0.1) is 0 Å². The number of halogens is 2. The first kappa shape index (κ1) is 18.8. The molecule has 2 aromatic carbocycles. The lowest BCUT2D eigenvalue weighted by Crippen LogP contribution is -2.17. The number of aromatic nitrogens is 2. The van der Waals surface area contributed by atoms with Crippen molar-refractivity contribution in [2.75, 3.05) is 4.72 Å². The number of pyridine rings is 1. The Hall–Kier alpha value is -2.56. The van der Waals surface area contributed by atoms with Crippen molar-refractivity contribution < 1.29 is 12.8 Å². The number of aryl methyl sites for hydroxylation is 1. The molecule has 2 heterocycles. The van der Waals surface area contributed by atoms with E-state index in [1.54, 1.807) is 25.4 Å². The summed E-state index contributed by atoms with van der Waals surface area (Å²) in [5, 5.41) is 0.801. The number of aromatic amines is 1. The van der Waals surface area contributed by atoms with Crippen LogP contribution in [0.1, 0.15) is 0 Å². The lowest BCUT2D eigenvalue weighted by Gasteiger charge is -2.12. The van der Waals surface area contributed by atoms with Gasteiger partial charge in [-0.05, 0) is 45.6 Å². The van der Waals surface area contributed by atoms with Gasteiger partial charge in [0, 0.05) is 28.8 Å². The number of nitrogens with one attached hydrogen (secondary N) is 2. The second-order valence-corrected chi connectivity index (χ2v) is 8.88. The van der Waals surface area contributed by atoms with E-state index in [4.69, 9.17) is 16.0 Å². The Morgan fingerprint density at radius 3 is 2.71 bits per heavy atom. The summed E-state index contributed by atoms with van der Waals surface area (Å²) < 4.78 is 34.8. The number of fused-ring (bicyclic) bond motifs is 2. The lowest BCUT2D eigenvalue weighted by atomic mass is 10.1. The van der Waals surface area contributed by atoms with Crippen molar-refractivity contribution in [2.45, 2.75) is 4.90 Å². The molecule has 2 aromatic heterocycles. The van der Waals surface area contributed by atoms with E-state index in [2.05, 4.69) is 25.6 Å². The molecule has 0 unspecified atom stereocenters. The molecule has 0 amide bonds. The van der Waals surface area contributed by atoms with Gasteiger partial charge in [-0.3, -0.25) is 14.5 Å². The van der Waals surface area contributed by atoms with Gasteiger partial charge in [0.2, 0.25) is 0 Å². The molecule has 0 aliphatic heterocycles. The molecule has 0 atom stereocenters. The van der Waals surface area contributed by atoms with E-state index in [1.807, 2.05) is 0 Å². The molecular formula is C17H11BrClN3O5S. The van der Waals surface area contributed by atoms with Crippen LogP contribution in [-0.4, -0.2) is 18.0 Å². The highest BCUT2D eigenvalue weighted by atomic mass is 79.9. The van der Waals surface area contributed by atoms with Gasteiger partial charge in [0.25, 0.3) is 15.6 Å². The summed E-state index contributed by atoms with van der Waals surface area (Å²) in [4.78, 5) is 25.8. The molecule has 0 saturated carbocycles. The highest BCUT2D eigenvalue weighted by molar-refractivity contribution is 9.10. The van der Waals surface area contributed by atoms with E-state index in [0.717, 1.165) is 0 Å². The molecule has 0 aliphatic rings. The van der Waals surface area contributed by atoms with Crippen LogP contribution in [0.25, 0.3) is 21.9 Å². The van der Waals surface area contributed by atoms with Crippen molar-refractivity contribution in [1.82, 2.24) is 9.55 Å². The fourth-order valence-corrected chi connectivity index (χ4v) is 5.77. The van der Waals surface area contributed by atoms with Crippen molar-refractivity contribution in [3.63, 3.8) is 0 Å². The van der Waals surface area contributed by atoms with Crippen molar-refractivity contribution >= 4 is 65.1 Å². The van der Waals surface area contributed by atoms with E-state index in [1.165, 1.54) is 22.8 Å². The van der Waals surface area contributed by atoms with Gasteiger partial charge in [-0.25, -0.2) is 13.2 Å². The van der Waals surface area contributed by atoms with Crippen LogP contribution in [-0.2, 0) is 17.1 Å². The predicted molar refractivity (Wildman–Crippen MR) is 110 cm³/mol. The molecule has 0 bridgehead atoms. The Labute approximate surface area is 170 Å². The Bertz CT molecular complexity index is 1490. The number of sulfonamides is 1. The van der Waals surface area contributed by atoms with Gasteiger partial charge in [-0.1, -0.05) is 17.7 Å². The fraction of sp³-hybridized carbons (Fsp3) is 0.0588. The van der Waals surface area contributed by atoms with E-state index in [-0.39, 0.29) is 36.7 Å². The molecule has 0 aliphatic carbocycles. The standard InChI is InChI=1S/C17H11BrClN3O5S/c1-22-5-4-8-2-3-9(6-10(8)16(22)23)21-28(25,26)15-11(18)7-12-14(13(15)19)27-17(24)20-12/h2-7,21H,1H3,(H,20,24). The normalized spacial score (nSPS) is 12.0. The molecule has 8 nitrogen and oxygen atoms in total. The molecule has 4 aromatic rings. The molecular weight excluding hydrogens is 474 g/mol. The van der Waals surface area contributed by atoms with Gasteiger partial charge in [-0.2, -0.15) is 0 Å². The van der Waals surface area contributed by atoms with E-state index in [0.29, 0.717) is 10.8 Å². The van der Waals surface area contributed by atoms with Crippen molar-refractivity contribution in [1.29, 1.82) is 0 Å². The summed E-state index contributed by atoms with van der Waals surface area (Å²) in [6.45, 7) is 0. The predicted octanol–water partition coefficient (Wildman–Crippen LogP) is 3.19. The largest absolute Gasteiger partial charge is 0.417 e. The molecule has 0 fully saturated rings. The van der Waals surface area contributed by atoms with Crippen LogP contribution in [0, 0.1) is 0 Å². The van der Waals surface area contributed by atoms with Crippen molar-refractivity contribution in [3.05, 3.63) is 66.9 Å². The average molecular weight is 485 g/mol. The number of hydrogen-bond acceptors (Lipinski definition) is 5. The van der Waals surface area contributed by atoms with Crippen LogP contribution in [0.15, 0.2) is 59.9 Å². The zero-order valence-corrected chi connectivity index (χ0v) is 17.3.